The Morgan fingerprint density at radius 2 is 1.54 bits per heavy atom. The van der Waals surface area contributed by atoms with Gasteiger partial charge < -0.3 is 5.32 Å². The van der Waals surface area contributed by atoms with Gasteiger partial charge >= 0.3 is 0 Å². The molecule has 2 aromatic heterocycles. The largest absolute Gasteiger partial charge is 0.325 e. The van der Waals surface area contributed by atoms with Crippen molar-refractivity contribution in [2.45, 2.75) is 22.2 Å². The van der Waals surface area contributed by atoms with Gasteiger partial charge in [-0.15, -0.1) is 0 Å². The van der Waals surface area contributed by atoms with E-state index in [4.69, 9.17) is 0 Å². The van der Waals surface area contributed by atoms with Crippen molar-refractivity contribution in [2.24, 2.45) is 0 Å². The quantitative estimate of drug-likeness (QED) is 0.443. The Labute approximate surface area is 166 Å². The average molecular weight is 416 g/mol. The highest BCUT2D eigenvalue weighted by atomic mass is 32.2. The van der Waals surface area contributed by atoms with Crippen LogP contribution in [0.3, 0.4) is 0 Å². The van der Waals surface area contributed by atoms with Crippen LogP contribution in [0.5, 0.6) is 0 Å². The molecule has 9 nitrogen and oxygen atoms in total. The molecular weight excluding hydrogens is 400 g/mol. The van der Waals surface area contributed by atoms with Gasteiger partial charge in [0.2, 0.25) is 11.9 Å². The average Bonchev–Trinajstić information content (AvgIpc) is 2.69. The second kappa shape index (κ2) is 8.76. The van der Waals surface area contributed by atoms with E-state index in [0.717, 1.165) is 0 Å². The summed E-state index contributed by atoms with van der Waals surface area (Å²) in [6, 6.07) is 9.07. The molecule has 3 aromatic rings. The van der Waals surface area contributed by atoms with Crippen LogP contribution in [0.25, 0.3) is 0 Å². The zero-order valence-electron chi connectivity index (χ0n) is 14.7. The minimum atomic E-state index is -3.82. The smallest absolute Gasteiger partial charge is 0.264 e. The molecule has 0 spiro atoms. The first-order valence-corrected chi connectivity index (χ1v) is 10.4. The van der Waals surface area contributed by atoms with E-state index in [1.807, 2.05) is 0 Å². The molecule has 144 valence electrons. The molecule has 0 radical (unpaired) electrons. The van der Waals surface area contributed by atoms with Gasteiger partial charge in [0.25, 0.3) is 10.0 Å². The third kappa shape index (κ3) is 5.24. The van der Waals surface area contributed by atoms with Crippen LogP contribution < -0.4 is 10.0 Å². The van der Waals surface area contributed by atoms with Crippen molar-refractivity contribution in [1.82, 2.24) is 19.9 Å². The summed E-state index contributed by atoms with van der Waals surface area (Å²) in [4.78, 5) is 28.1. The van der Waals surface area contributed by atoms with Crippen LogP contribution in [-0.2, 0) is 14.8 Å². The van der Waals surface area contributed by atoms with Crippen LogP contribution in [0.15, 0.2) is 71.2 Å². The monoisotopic (exact) mass is 416 g/mol. The molecule has 0 fully saturated rings. The standard InChI is InChI=1S/C17H16N6O3S2/c1-12(27-17-20-10-3-11-21-17)15(24)22-13-4-6-14(7-5-13)28(25,26)23-16-18-8-2-9-19-16/h2-12H,1H3,(H,22,24)(H,18,19,23)/t12-/m1/s1. The fraction of sp³-hybridized carbons (Fsp3) is 0.118. The molecule has 0 aliphatic heterocycles. The van der Waals surface area contributed by atoms with Gasteiger partial charge in [-0.2, -0.15) is 0 Å². The second-order valence-electron chi connectivity index (χ2n) is 5.48. The summed E-state index contributed by atoms with van der Waals surface area (Å²) in [7, 11) is -3.82. The lowest BCUT2D eigenvalue weighted by Crippen LogP contribution is -2.22. The molecular formula is C17H16N6O3S2. The van der Waals surface area contributed by atoms with Crippen LogP contribution >= 0.6 is 11.8 Å². The number of hydrogen-bond donors (Lipinski definition) is 2. The second-order valence-corrected chi connectivity index (χ2v) is 8.47. The van der Waals surface area contributed by atoms with E-state index in [9.17, 15) is 13.2 Å². The Bertz CT molecular complexity index is 1030. The van der Waals surface area contributed by atoms with Gasteiger partial charge in [0, 0.05) is 30.5 Å². The predicted octanol–water partition coefficient (Wildman–Crippen LogP) is 2.19. The van der Waals surface area contributed by atoms with E-state index in [2.05, 4.69) is 30.0 Å². The topological polar surface area (TPSA) is 127 Å². The number of amides is 1. The summed E-state index contributed by atoms with van der Waals surface area (Å²) in [5.41, 5.74) is 0.473. The van der Waals surface area contributed by atoms with Crippen molar-refractivity contribution < 1.29 is 13.2 Å². The number of aromatic nitrogens is 4. The van der Waals surface area contributed by atoms with Gasteiger partial charge in [-0.05, 0) is 43.3 Å². The lowest BCUT2D eigenvalue weighted by Gasteiger charge is -2.11. The van der Waals surface area contributed by atoms with Gasteiger partial charge in [0.15, 0.2) is 5.16 Å². The Balaban J connectivity index is 1.63. The maximum atomic E-state index is 12.4. The van der Waals surface area contributed by atoms with Crippen LogP contribution in [0.2, 0.25) is 0 Å². The summed E-state index contributed by atoms with van der Waals surface area (Å²) in [5, 5.41) is 2.81. The van der Waals surface area contributed by atoms with Crippen molar-refractivity contribution in [3.8, 4) is 0 Å². The van der Waals surface area contributed by atoms with Crippen LogP contribution in [-0.4, -0.2) is 39.5 Å². The third-order valence-corrected chi connectivity index (χ3v) is 5.75. The van der Waals surface area contributed by atoms with Crippen LogP contribution in [0.1, 0.15) is 6.92 Å². The lowest BCUT2D eigenvalue weighted by atomic mass is 10.3. The van der Waals surface area contributed by atoms with Gasteiger partial charge in [0.1, 0.15) is 0 Å². The Morgan fingerprint density at radius 1 is 0.964 bits per heavy atom. The first-order chi connectivity index (χ1) is 13.4. The lowest BCUT2D eigenvalue weighted by molar-refractivity contribution is -0.115. The molecule has 0 aliphatic rings. The Morgan fingerprint density at radius 3 is 2.14 bits per heavy atom. The molecule has 0 bridgehead atoms. The fourth-order valence-corrected chi connectivity index (χ4v) is 3.73. The molecule has 11 heteroatoms. The number of sulfonamides is 1. The highest BCUT2D eigenvalue weighted by Gasteiger charge is 2.18. The van der Waals surface area contributed by atoms with E-state index >= 15 is 0 Å². The first-order valence-electron chi connectivity index (χ1n) is 8.08. The number of carbonyl (C=O) groups is 1. The summed E-state index contributed by atoms with van der Waals surface area (Å²) < 4.78 is 27.0. The normalized spacial score (nSPS) is 12.2. The molecule has 0 saturated heterocycles. The Hall–Kier alpha value is -3.05. The van der Waals surface area contributed by atoms with Gasteiger partial charge in [0.05, 0.1) is 10.1 Å². The molecule has 3 rings (SSSR count). The summed E-state index contributed by atoms with van der Waals surface area (Å²) in [6.07, 6.45) is 6.08. The zero-order chi connectivity index (χ0) is 20.0. The SMILES string of the molecule is C[C@@H](Sc1ncccn1)C(=O)Nc1ccc(S(=O)(=O)Nc2ncccn2)cc1. The summed E-state index contributed by atoms with van der Waals surface area (Å²) in [5.74, 6) is -0.266. The van der Waals surface area contributed by atoms with Crippen LogP contribution in [0.4, 0.5) is 11.6 Å². The zero-order valence-corrected chi connectivity index (χ0v) is 16.3. The molecule has 1 amide bonds. The number of rotatable bonds is 7. The maximum Gasteiger partial charge on any atom is 0.264 e. The van der Waals surface area contributed by atoms with Gasteiger partial charge in [-0.3, -0.25) is 4.79 Å². The van der Waals surface area contributed by atoms with E-state index < -0.39 is 15.3 Å². The summed E-state index contributed by atoms with van der Waals surface area (Å²) in [6.45, 7) is 1.74. The summed E-state index contributed by atoms with van der Waals surface area (Å²) >= 11 is 1.23. The van der Waals surface area contributed by atoms with E-state index in [1.54, 1.807) is 31.5 Å². The van der Waals surface area contributed by atoms with E-state index in [-0.39, 0.29) is 16.8 Å². The third-order valence-electron chi connectivity index (χ3n) is 3.42. The molecule has 0 unspecified atom stereocenters. The minimum Gasteiger partial charge on any atom is -0.325 e. The molecule has 0 saturated carbocycles. The van der Waals surface area contributed by atoms with Crippen molar-refractivity contribution in [1.29, 1.82) is 0 Å². The van der Waals surface area contributed by atoms with Crippen LogP contribution in [0, 0.1) is 0 Å². The van der Waals surface area contributed by atoms with Crippen molar-refractivity contribution in [3.63, 3.8) is 0 Å². The number of nitrogens with one attached hydrogen (secondary N) is 2. The number of anilines is 2. The molecule has 1 atom stereocenters. The predicted molar refractivity (Wildman–Crippen MR) is 105 cm³/mol. The van der Waals surface area contributed by atoms with E-state index in [1.165, 1.54) is 48.4 Å². The molecule has 1 aromatic carbocycles. The number of benzene rings is 1. The highest BCUT2D eigenvalue weighted by molar-refractivity contribution is 8.00. The molecule has 0 aliphatic carbocycles. The number of carbonyl (C=O) groups excluding carboxylic acids is 1. The maximum absolute atomic E-state index is 12.4. The number of hydrogen-bond acceptors (Lipinski definition) is 8. The van der Waals surface area contributed by atoms with Gasteiger partial charge in [-0.1, -0.05) is 11.8 Å². The van der Waals surface area contributed by atoms with Gasteiger partial charge in [-0.25, -0.2) is 33.1 Å². The number of nitrogens with zero attached hydrogens (tertiary/aromatic N) is 4. The van der Waals surface area contributed by atoms with Crippen molar-refractivity contribution in [2.75, 3.05) is 10.0 Å². The molecule has 28 heavy (non-hydrogen) atoms. The van der Waals surface area contributed by atoms with Crippen molar-refractivity contribution >= 4 is 39.3 Å². The minimum absolute atomic E-state index is 0.0196. The number of thioether (sulfide) groups is 1. The van der Waals surface area contributed by atoms with Crippen molar-refractivity contribution in [3.05, 3.63) is 61.2 Å². The molecule has 2 N–H and O–H groups in total. The molecule has 2 heterocycles. The van der Waals surface area contributed by atoms with E-state index in [0.29, 0.717) is 10.8 Å². The fourth-order valence-electron chi connectivity index (χ4n) is 2.05. The Kier molecular flexibility index (Phi) is 6.16. The first kappa shape index (κ1) is 19.7. The highest BCUT2D eigenvalue weighted by Crippen LogP contribution is 2.21.